The molecule has 0 fully saturated rings. The lowest BCUT2D eigenvalue weighted by atomic mass is 9.92. The van der Waals surface area contributed by atoms with Crippen LogP contribution < -0.4 is 0 Å². The van der Waals surface area contributed by atoms with Gasteiger partial charge in [-0.25, -0.2) is 9.59 Å². The topological polar surface area (TPSA) is 185 Å². The Balaban J connectivity index is 2.60. The molecule has 10 nitrogen and oxygen atoms in total. The predicted molar refractivity (Wildman–Crippen MR) is 169 cm³/mol. The van der Waals surface area contributed by atoms with E-state index >= 15 is 0 Å². The molecule has 7 N–H and O–H groups in total. The first-order chi connectivity index (χ1) is 20.7. The number of carboxylic acid groups (broad SMARTS) is 1. The number of esters is 1. The molecule has 0 saturated carbocycles. The van der Waals surface area contributed by atoms with E-state index in [1.807, 2.05) is 6.92 Å². The largest absolute Gasteiger partial charge is 0.478 e. The molecule has 44 heavy (non-hydrogen) atoms. The molecule has 0 heterocycles. The molecular formula is C32H44Cl2O10. The second-order valence-electron chi connectivity index (χ2n) is 10.5. The van der Waals surface area contributed by atoms with Crippen molar-refractivity contribution < 1.29 is 50.1 Å². The summed E-state index contributed by atoms with van der Waals surface area (Å²) in [5, 5.41) is 69.6. The third-order valence-electron chi connectivity index (χ3n) is 6.86. The fourth-order valence-electron chi connectivity index (χ4n) is 4.05. The Kier molecular flexibility index (Phi) is 18.4. The smallest absolute Gasteiger partial charge is 0.331 e. The van der Waals surface area contributed by atoms with Crippen LogP contribution in [-0.4, -0.2) is 95.8 Å². The van der Waals surface area contributed by atoms with Crippen molar-refractivity contribution in [2.75, 3.05) is 0 Å². The number of rotatable bonds is 17. The molecule has 0 aromatic heterocycles. The Hall–Kier alpha value is -2.54. The number of hydrogen-bond donors (Lipinski definition) is 7. The van der Waals surface area contributed by atoms with Gasteiger partial charge in [-0.3, -0.25) is 0 Å². The van der Waals surface area contributed by atoms with Gasteiger partial charge in [-0.2, -0.15) is 0 Å². The first-order valence-electron chi connectivity index (χ1n) is 14.3. The van der Waals surface area contributed by atoms with Crippen molar-refractivity contribution in [3.05, 3.63) is 83.0 Å². The maximum absolute atomic E-state index is 12.0. The molecule has 0 saturated heterocycles. The summed E-state index contributed by atoms with van der Waals surface area (Å²) >= 11 is 12.3. The highest BCUT2D eigenvalue weighted by atomic mass is 35.5. The zero-order valence-corrected chi connectivity index (χ0v) is 26.5. The summed E-state index contributed by atoms with van der Waals surface area (Å²) < 4.78 is 5.17. The van der Waals surface area contributed by atoms with Crippen LogP contribution in [0.25, 0.3) is 0 Å². The van der Waals surface area contributed by atoms with Gasteiger partial charge >= 0.3 is 11.9 Å². The van der Waals surface area contributed by atoms with Crippen LogP contribution in [0.15, 0.2) is 83.0 Å². The van der Waals surface area contributed by atoms with Crippen molar-refractivity contribution in [3.63, 3.8) is 0 Å². The molecule has 246 valence electrons. The fraction of sp³-hybridized carbons (Fsp3) is 0.500. The molecule has 0 unspecified atom stereocenters. The zero-order valence-electron chi connectivity index (χ0n) is 25.0. The number of carboxylic acids is 1. The Bertz CT molecular complexity index is 1140. The quantitative estimate of drug-likeness (QED) is 0.0402. The summed E-state index contributed by atoms with van der Waals surface area (Å²) in [6, 6.07) is 0. The van der Waals surface area contributed by atoms with Crippen LogP contribution in [0.1, 0.15) is 46.5 Å². The SMILES string of the molecule is CC/C=C/[C@@H](O)[C@@H](Cl)[C@H](O)C[C@@H](O)[C@@H](O)[C@H](O)[C@H](C)/C(Cl)=C/C=C/C=C(C)/C=C/C=C/C(=O)O[C@@H]1CC(C(=O)O)=CC[C@@H]1O. The molecule has 0 spiro atoms. The van der Waals surface area contributed by atoms with Gasteiger partial charge in [0.15, 0.2) is 0 Å². The molecule has 1 aliphatic carbocycles. The number of ether oxygens (including phenoxy) is 1. The normalized spacial score (nSPS) is 23.5. The van der Waals surface area contributed by atoms with Crippen molar-refractivity contribution in [1.82, 2.24) is 0 Å². The molecule has 0 aromatic carbocycles. The highest BCUT2D eigenvalue weighted by Crippen LogP contribution is 2.25. The molecule has 0 bridgehead atoms. The molecule has 1 aliphatic rings. The van der Waals surface area contributed by atoms with E-state index in [1.165, 1.54) is 24.3 Å². The van der Waals surface area contributed by atoms with Crippen LogP contribution in [0.2, 0.25) is 0 Å². The van der Waals surface area contributed by atoms with Crippen LogP contribution in [0.3, 0.4) is 0 Å². The number of aliphatic hydroxyl groups is 6. The predicted octanol–water partition coefficient (Wildman–Crippen LogP) is 3.21. The lowest BCUT2D eigenvalue weighted by Crippen LogP contribution is -2.44. The Labute approximate surface area is 268 Å². The monoisotopic (exact) mass is 658 g/mol. The molecule has 0 aromatic rings. The number of carbonyl (C=O) groups is 2. The molecule has 0 amide bonds. The zero-order chi connectivity index (χ0) is 33.4. The standard InChI is InChI=1S/C32H44Cl2O10/c1-4-5-13-24(36)29(34)25(37)18-26(38)31(41)30(40)20(3)22(33)12-8-6-10-19(2)11-7-9-14-28(39)44-27-17-21(32(42)43)15-16-23(27)35/h5-15,20,23-27,29-31,35-38,40-41H,4,16-18H2,1-3H3,(H,42,43)/b8-6+,11-7+,13-5+,14-9+,19-10+,22-12-/t20-,23+,24-,25-,26-,27-,29-,30-,31-/m1/s1. The number of halogens is 2. The van der Waals surface area contributed by atoms with E-state index in [4.69, 9.17) is 33.0 Å². The van der Waals surface area contributed by atoms with Crippen LogP contribution >= 0.6 is 23.2 Å². The third kappa shape index (κ3) is 14.0. The highest BCUT2D eigenvalue weighted by molar-refractivity contribution is 6.30. The van der Waals surface area contributed by atoms with E-state index in [0.717, 1.165) is 11.6 Å². The molecule has 0 radical (unpaired) electrons. The second-order valence-corrected chi connectivity index (χ2v) is 11.4. The van der Waals surface area contributed by atoms with E-state index in [9.17, 15) is 40.2 Å². The first kappa shape index (κ1) is 39.5. The van der Waals surface area contributed by atoms with Crippen molar-refractivity contribution in [3.8, 4) is 0 Å². The van der Waals surface area contributed by atoms with Crippen LogP contribution in [0, 0.1) is 5.92 Å². The van der Waals surface area contributed by atoms with Crippen LogP contribution in [0.4, 0.5) is 0 Å². The summed E-state index contributed by atoms with van der Waals surface area (Å²) in [6.45, 7) is 5.23. The summed E-state index contributed by atoms with van der Waals surface area (Å²) in [7, 11) is 0. The Morgan fingerprint density at radius 3 is 2.30 bits per heavy atom. The van der Waals surface area contributed by atoms with Crippen molar-refractivity contribution in [1.29, 1.82) is 0 Å². The minimum Gasteiger partial charge on any atom is -0.478 e. The van der Waals surface area contributed by atoms with Crippen LogP contribution in [-0.2, 0) is 14.3 Å². The highest BCUT2D eigenvalue weighted by Gasteiger charge is 2.34. The summed E-state index contributed by atoms with van der Waals surface area (Å²) in [5.74, 6) is -2.58. The number of allylic oxidation sites excluding steroid dienone is 9. The number of hydrogen-bond acceptors (Lipinski definition) is 9. The first-order valence-corrected chi connectivity index (χ1v) is 15.1. The van der Waals surface area contributed by atoms with Gasteiger partial charge in [0.2, 0.25) is 0 Å². The minimum absolute atomic E-state index is 0.0683. The van der Waals surface area contributed by atoms with Crippen molar-refractivity contribution in [2.24, 2.45) is 5.92 Å². The van der Waals surface area contributed by atoms with E-state index in [2.05, 4.69) is 0 Å². The van der Waals surface area contributed by atoms with E-state index in [0.29, 0.717) is 6.42 Å². The molecule has 1 rings (SSSR count). The molecular weight excluding hydrogens is 615 g/mol. The molecule has 0 aliphatic heterocycles. The average Bonchev–Trinajstić information content (AvgIpc) is 2.99. The van der Waals surface area contributed by atoms with E-state index < -0.39 is 66.0 Å². The van der Waals surface area contributed by atoms with Gasteiger partial charge in [-0.05, 0) is 25.8 Å². The van der Waals surface area contributed by atoms with Gasteiger partial charge in [-0.1, -0.05) is 85.7 Å². The fourth-order valence-corrected chi connectivity index (χ4v) is 4.44. The van der Waals surface area contributed by atoms with Crippen molar-refractivity contribution >= 4 is 35.1 Å². The number of aliphatic carboxylic acids is 1. The van der Waals surface area contributed by atoms with Gasteiger partial charge in [0.25, 0.3) is 0 Å². The minimum atomic E-state index is -1.64. The maximum atomic E-state index is 12.0. The average molecular weight is 660 g/mol. The number of aliphatic hydroxyl groups excluding tert-OH is 6. The number of alkyl halides is 1. The summed E-state index contributed by atoms with van der Waals surface area (Å²) in [6.07, 6.45) is 8.33. The van der Waals surface area contributed by atoms with Gasteiger partial charge in [0.1, 0.15) is 12.2 Å². The summed E-state index contributed by atoms with van der Waals surface area (Å²) in [4.78, 5) is 23.1. The van der Waals surface area contributed by atoms with Crippen molar-refractivity contribution in [2.45, 2.75) is 94.6 Å². The van der Waals surface area contributed by atoms with Crippen LogP contribution in [0.5, 0.6) is 0 Å². The number of carbonyl (C=O) groups excluding carboxylic acids is 1. The molecule has 12 heteroatoms. The summed E-state index contributed by atoms with van der Waals surface area (Å²) in [5.41, 5.74) is 0.898. The van der Waals surface area contributed by atoms with Gasteiger partial charge in [0, 0.05) is 35.4 Å². The van der Waals surface area contributed by atoms with Gasteiger partial charge in [0.05, 0.1) is 35.9 Å². The lowest BCUT2D eigenvalue weighted by molar-refractivity contribution is -0.150. The molecule has 9 atom stereocenters. The Morgan fingerprint density at radius 1 is 1.02 bits per heavy atom. The lowest BCUT2D eigenvalue weighted by Gasteiger charge is -2.29. The second kappa shape index (κ2) is 20.5. The van der Waals surface area contributed by atoms with Gasteiger partial charge < -0.3 is 40.5 Å². The Morgan fingerprint density at radius 2 is 1.66 bits per heavy atom. The van der Waals surface area contributed by atoms with Gasteiger partial charge in [-0.15, -0.1) is 11.6 Å². The third-order valence-corrected chi connectivity index (χ3v) is 7.88. The maximum Gasteiger partial charge on any atom is 0.331 e. The van der Waals surface area contributed by atoms with E-state index in [-0.39, 0.29) is 29.9 Å². The van der Waals surface area contributed by atoms with E-state index in [1.54, 1.807) is 50.3 Å².